The Labute approximate surface area is 134 Å². The van der Waals surface area contributed by atoms with Crippen molar-refractivity contribution in [3.63, 3.8) is 0 Å². The molecule has 0 bridgehead atoms. The number of nitrogens with one attached hydrogen (secondary N) is 2. The molecule has 1 aromatic carbocycles. The highest BCUT2D eigenvalue weighted by molar-refractivity contribution is 5.93. The fraction of sp³-hybridized carbons (Fsp3) is 0.533. The van der Waals surface area contributed by atoms with Crippen LogP contribution in [-0.4, -0.2) is 49.8 Å². The molecule has 1 fully saturated rings. The van der Waals surface area contributed by atoms with Crippen molar-refractivity contribution in [2.24, 2.45) is 0 Å². The second-order valence-corrected chi connectivity index (χ2v) is 5.78. The average Bonchev–Trinajstić information content (AvgIpc) is 2.46. The Bertz CT molecular complexity index is 582. The quantitative estimate of drug-likeness (QED) is 0.597. The molecule has 0 aliphatic carbocycles. The molecular weight excluding hydrogens is 302 g/mol. The second kappa shape index (κ2) is 7.38. The molecule has 1 aliphatic rings. The zero-order valence-corrected chi connectivity index (χ0v) is 13.5. The Hall–Kier alpha value is -2.19. The predicted octanol–water partition coefficient (Wildman–Crippen LogP) is 0.234. The Balaban J connectivity index is 2.04. The summed E-state index contributed by atoms with van der Waals surface area (Å²) in [6.07, 6.45) is 0.189. The number of hydrogen-bond acceptors (Lipinski definition) is 5. The zero-order chi connectivity index (χ0) is 17.0. The molecule has 1 amide bonds. The first-order chi connectivity index (χ1) is 10.9. The summed E-state index contributed by atoms with van der Waals surface area (Å²) < 4.78 is 10.6. The van der Waals surface area contributed by atoms with E-state index in [-0.39, 0.29) is 36.0 Å². The van der Waals surface area contributed by atoms with Gasteiger partial charge in [-0.3, -0.25) is 14.9 Å². The number of nitrogens with zero attached hydrogens (tertiary/aromatic N) is 1. The number of morpholine rings is 1. The lowest BCUT2D eigenvalue weighted by Crippen LogP contribution is -3.16. The van der Waals surface area contributed by atoms with E-state index in [1.165, 1.54) is 19.2 Å². The molecule has 1 saturated heterocycles. The smallest absolute Gasteiger partial charge is 0.296 e. The van der Waals surface area contributed by atoms with Crippen LogP contribution in [0.3, 0.4) is 0 Å². The van der Waals surface area contributed by atoms with E-state index >= 15 is 0 Å². The molecule has 8 heteroatoms. The molecule has 1 aromatic rings. The Morgan fingerprint density at radius 3 is 2.65 bits per heavy atom. The number of ether oxygens (including phenoxy) is 2. The summed E-state index contributed by atoms with van der Waals surface area (Å²) in [5.74, 6) is 0.116. The van der Waals surface area contributed by atoms with Gasteiger partial charge in [-0.15, -0.1) is 0 Å². The minimum Gasteiger partial charge on any atom is -0.496 e. The highest BCUT2D eigenvalue weighted by Gasteiger charge is 2.28. The molecule has 0 aromatic heterocycles. The molecule has 3 atom stereocenters. The van der Waals surface area contributed by atoms with Crippen LogP contribution < -0.4 is 15.0 Å². The van der Waals surface area contributed by atoms with E-state index in [1.54, 1.807) is 6.07 Å². The number of methoxy groups -OCH3 is 1. The van der Waals surface area contributed by atoms with Gasteiger partial charge in [0.05, 0.1) is 18.1 Å². The summed E-state index contributed by atoms with van der Waals surface area (Å²) in [5.41, 5.74) is -0.00836. The number of anilines is 1. The lowest BCUT2D eigenvalue weighted by Gasteiger charge is -2.31. The topological polar surface area (TPSA) is 95.1 Å². The number of nitro benzene ring substituents is 1. The zero-order valence-electron chi connectivity index (χ0n) is 13.5. The van der Waals surface area contributed by atoms with E-state index in [0.29, 0.717) is 5.75 Å². The third-order valence-corrected chi connectivity index (χ3v) is 3.70. The van der Waals surface area contributed by atoms with Crippen molar-refractivity contribution in [1.29, 1.82) is 0 Å². The molecule has 2 rings (SSSR count). The van der Waals surface area contributed by atoms with Gasteiger partial charge in [0.2, 0.25) is 0 Å². The monoisotopic (exact) mass is 324 g/mol. The lowest BCUT2D eigenvalue weighted by molar-refractivity contribution is -0.907. The van der Waals surface area contributed by atoms with Crippen molar-refractivity contribution in [2.75, 3.05) is 32.1 Å². The second-order valence-electron chi connectivity index (χ2n) is 5.78. The summed E-state index contributed by atoms with van der Waals surface area (Å²) in [5, 5.41) is 13.7. The normalized spacial score (nSPS) is 24.0. The number of hydrogen-bond donors (Lipinski definition) is 2. The van der Waals surface area contributed by atoms with Gasteiger partial charge in [0, 0.05) is 0 Å². The number of benzene rings is 1. The minimum absolute atomic E-state index is 0.0943. The van der Waals surface area contributed by atoms with Crippen LogP contribution in [0.5, 0.6) is 5.75 Å². The Morgan fingerprint density at radius 2 is 2.09 bits per heavy atom. The molecule has 23 heavy (non-hydrogen) atoms. The van der Waals surface area contributed by atoms with Crippen molar-refractivity contribution < 1.29 is 24.1 Å². The van der Waals surface area contributed by atoms with Crippen molar-refractivity contribution in [3.8, 4) is 5.75 Å². The maximum Gasteiger partial charge on any atom is 0.296 e. The number of rotatable bonds is 5. The van der Waals surface area contributed by atoms with E-state index in [1.807, 2.05) is 13.8 Å². The molecular formula is C15H22N3O5+. The maximum atomic E-state index is 12.2. The van der Waals surface area contributed by atoms with Crippen molar-refractivity contribution >= 4 is 17.3 Å². The lowest BCUT2D eigenvalue weighted by atomic mass is 10.2. The van der Waals surface area contributed by atoms with Crippen molar-refractivity contribution in [1.82, 2.24) is 0 Å². The van der Waals surface area contributed by atoms with Crippen molar-refractivity contribution in [3.05, 3.63) is 28.3 Å². The Morgan fingerprint density at radius 1 is 1.43 bits per heavy atom. The number of carbonyl (C=O) groups is 1. The van der Waals surface area contributed by atoms with Gasteiger partial charge >= 0.3 is 0 Å². The third kappa shape index (κ3) is 4.64. The van der Waals surface area contributed by atoms with Gasteiger partial charge in [0.25, 0.3) is 11.6 Å². The van der Waals surface area contributed by atoms with Gasteiger partial charge in [-0.05, 0) is 26.0 Å². The first-order valence-electron chi connectivity index (χ1n) is 7.50. The van der Waals surface area contributed by atoms with Crippen molar-refractivity contribution in [2.45, 2.75) is 26.1 Å². The number of quaternary nitrogens is 1. The summed E-state index contributed by atoms with van der Waals surface area (Å²) in [6.45, 7) is 5.68. The van der Waals surface area contributed by atoms with Gasteiger partial charge in [-0.1, -0.05) is 0 Å². The molecule has 0 spiro atoms. The van der Waals surface area contributed by atoms with E-state index in [4.69, 9.17) is 9.47 Å². The number of amides is 1. The van der Waals surface area contributed by atoms with Gasteiger partial charge < -0.3 is 19.7 Å². The van der Waals surface area contributed by atoms with Gasteiger partial charge in [-0.2, -0.15) is 0 Å². The van der Waals surface area contributed by atoms with E-state index in [2.05, 4.69) is 5.32 Å². The van der Waals surface area contributed by atoms with Crippen LogP contribution in [0.25, 0.3) is 0 Å². The maximum absolute atomic E-state index is 12.2. The van der Waals surface area contributed by atoms with Crippen LogP contribution in [-0.2, 0) is 9.53 Å². The first-order valence-corrected chi connectivity index (χ1v) is 7.50. The van der Waals surface area contributed by atoms with Gasteiger partial charge in [0.15, 0.2) is 6.54 Å². The van der Waals surface area contributed by atoms with Crippen LogP contribution in [0, 0.1) is 10.1 Å². The van der Waals surface area contributed by atoms with Crippen LogP contribution in [0.15, 0.2) is 18.2 Å². The molecule has 2 N–H and O–H groups in total. The highest BCUT2D eigenvalue weighted by atomic mass is 16.6. The molecule has 0 radical (unpaired) electrons. The molecule has 1 heterocycles. The summed E-state index contributed by atoms with van der Waals surface area (Å²) in [4.78, 5) is 23.9. The number of nitro groups is 1. The van der Waals surface area contributed by atoms with Gasteiger partial charge in [-0.25, -0.2) is 0 Å². The fourth-order valence-corrected chi connectivity index (χ4v) is 2.85. The summed E-state index contributed by atoms with van der Waals surface area (Å²) in [6, 6.07) is 4.35. The van der Waals surface area contributed by atoms with Gasteiger partial charge in [0.1, 0.15) is 36.7 Å². The minimum atomic E-state index is -0.538. The highest BCUT2D eigenvalue weighted by Crippen LogP contribution is 2.28. The van der Waals surface area contributed by atoms with Crippen LogP contribution in [0.4, 0.5) is 11.4 Å². The molecule has 0 saturated carbocycles. The van der Waals surface area contributed by atoms with Crippen LogP contribution in [0.2, 0.25) is 0 Å². The standard InChI is InChI=1S/C15H21N3O5/c1-10-7-17(8-11(2)23-10)9-15(19)16-13-5-4-12(22-3)6-14(13)18(20)21/h4-6,10-11H,7-9H2,1-3H3,(H,16,19)/p+1/t10-,11+. The van der Waals surface area contributed by atoms with Crippen LogP contribution >= 0.6 is 0 Å². The Kier molecular flexibility index (Phi) is 5.51. The molecule has 1 aliphatic heterocycles. The van der Waals surface area contributed by atoms with E-state index in [9.17, 15) is 14.9 Å². The SMILES string of the molecule is COc1ccc(NC(=O)C[NH+]2C[C@@H](C)O[C@@H](C)C2)c([N+](=O)[O-])c1. The van der Waals surface area contributed by atoms with E-state index < -0.39 is 4.92 Å². The predicted molar refractivity (Wildman–Crippen MR) is 83.9 cm³/mol. The summed E-state index contributed by atoms with van der Waals surface area (Å²) in [7, 11) is 1.43. The van der Waals surface area contributed by atoms with Crippen LogP contribution in [0.1, 0.15) is 13.8 Å². The fourth-order valence-electron chi connectivity index (χ4n) is 2.85. The molecule has 8 nitrogen and oxygen atoms in total. The summed E-state index contributed by atoms with van der Waals surface area (Å²) >= 11 is 0. The largest absolute Gasteiger partial charge is 0.496 e. The molecule has 1 unspecified atom stereocenters. The van der Waals surface area contributed by atoms with E-state index in [0.717, 1.165) is 18.0 Å². The first kappa shape index (κ1) is 17.2. The average molecular weight is 324 g/mol. The third-order valence-electron chi connectivity index (χ3n) is 3.70. The molecule has 126 valence electrons. The number of carbonyl (C=O) groups excluding carboxylic acids is 1.